The first-order valence-electron chi connectivity index (χ1n) is 11.2. The molecule has 186 valence electrons. The Balaban J connectivity index is 1.70. The van der Waals surface area contributed by atoms with E-state index in [2.05, 4.69) is 20.3 Å². The third-order valence-corrected chi connectivity index (χ3v) is 7.64. The van der Waals surface area contributed by atoms with Crippen molar-refractivity contribution >= 4 is 28.9 Å². The van der Waals surface area contributed by atoms with Crippen LogP contribution in [0.25, 0.3) is 10.4 Å². The summed E-state index contributed by atoms with van der Waals surface area (Å²) >= 11 is 1.41. The van der Waals surface area contributed by atoms with Gasteiger partial charge in [0, 0.05) is 25.2 Å². The van der Waals surface area contributed by atoms with E-state index < -0.39 is 17.3 Å². The lowest BCUT2D eigenvalue weighted by Crippen LogP contribution is -2.48. The van der Waals surface area contributed by atoms with Crippen molar-refractivity contribution in [2.24, 2.45) is 11.7 Å². The Morgan fingerprint density at radius 1 is 1.29 bits per heavy atom. The highest BCUT2D eigenvalue weighted by molar-refractivity contribution is 7.15. The molecule has 2 atom stereocenters. The molecule has 2 aromatic heterocycles. The molecule has 3 aromatic rings. The van der Waals surface area contributed by atoms with E-state index >= 15 is 0 Å². The van der Waals surface area contributed by atoms with Crippen molar-refractivity contribution < 1.29 is 22.7 Å². The number of amides is 1. The zero-order valence-corrected chi connectivity index (χ0v) is 20.2. The van der Waals surface area contributed by atoms with Gasteiger partial charge in [-0.05, 0) is 54.2 Å². The Bertz CT molecular complexity index is 1220. The number of nitrogens with zero attached hydrogens (tertiary/aromatic N) is 3. The number of halogens is 3. The molecule has 0 saturated heterocycles. The number of methoxy groups -OCH3 is 1. The number of nitrogens with one attached hydrogen (secondary N) is 1. The number of primary amides is 1. The number of carbonyl (C=O) groups is 1. The van der Waals surface area contributed by atoms with E-state index in [4.69, 9.17) is 10.5 Å². The van der Waals surface area contributed by atoms with Crippen molar-refractivity contribution in [3.63, 3.8) is 0 Å². The number of nitrogens with two attached hydrogens (primary N) is 1. The summed E-state index contributed by atoms with van der Waals surface area (Å²) < 4.78 is 44.4. The van der Waals surface area contributed by atoms with E-state index in [0.29, 0.717) is 23.7 Å². The van der Waals surface area contributed by atoms with Gasteiger partial charge in [0.1, 0.15) is 16.1 Å². The van der Waals surface area contributed by atoms with Crippen molar-refractivity contribution in [3.05, 3.63) is 52.9 Å². The number of ether oxygens (including phenoxy) is 1. The Labute approximate surface area is 205 Å². The molecule has 0 aliphatic heterocycles. The SMILES string of the molecule is COCc1cc(Nc2nccc(C(F)(F)F)n2)cc(-c2cnc(C3(C(N)=O)CCCCC3C)s2)c1. The minimum Gasteiger partial charge on any atom is -0.380 e. The average molecular weight is 506 g/mol. The Morgan fingerprint density at radius 2 is 2.09 bits per heavy atom. The third-order valence-electron chi connectivity index (χ3n) is 6.42. The largest absolute Gasteiger partial charge is 0.433 e. The standard InChI is InChI=1S/C24H26F3N5O2S/c1-14-5-3-4-7-23(14,20(28)33)21-30-12-18(35-21)16-9-15(13-34-2)10-17(11-16)31-22-29-8-6-19(32-22)24(25,26)27/h6,8-12,14H,3-5,7,13H2,1-2H3,(H2,28,33)(H,29,31,32). The van der Waals surface area contributed by atoms with Gasteiger partial charge in [0.05, 0.1) is 11.5 Å². The minimum atomic E-state index is -4.58. The monoisotopic (exact) mass is 505 g/mol. The number of carbonyl (C=O) groups excluding carboxylic acids is 1. The maximum Gasteiger partial charge on any atom is 0.433 e. The smallest absolute Gasteiger partial charge is 0.380 e. The molecule has 35 heavy (non-hydrogen) atoms. The van der Waals surface area contributed by atoms with E-state index in [-0.39, 0.29) is 17.8 Å². The zero-order valence-electron chi connectivity index (χ0n) is 19.4. The van der Waals surface area contributed by atoms with Gasteiger partial charge in [-0.2, -0.15) is 13.2 Å². The van der Waals surface area contributed by atoms with Crippen LogP contribution in [0.15, 0.2) is 36.7 Å². The van der Waals surface area contributed by atoms with E-state index in [1.807, 2.05) is 13.0 Å². The van der Waals surface area contributed by atoms with Crippen molar-refractivity contribution in [3.8, 4) is 10.4 Å². The van der Waals surface area contributed by atoms with Gasteiger partial charge in [-0.25, -0.2) is 15.0 Å². The van der Waals surface area contributed by atoms with Gasteiger partial charge in [-0.3, -0.25) is 4.79 Å². The van der Waals surface area contributed by atoms with Crippen LogP contribution in [0.1, 0.15) is 48.9 Å². The number of rotatable bonds is 7. The molecule has 7 nitrogen and oxygen atoms in total. The molecule has 1 aliphatic rings. The molecule has 3 N–H and O–H groups in total. The molecule has 2 heterocycles. The average Bonchev–Trinajstić information content (AvgIpc) is 3.30. The fourth-order valence-electron chi connectivity index (χ4n) is 4.61. The zero-order chi connectivity index (χ0) is 25.2. The summed E-state index contributed by atoms with van der Waals surface area (Å²) in [5.41, 5.74) is 6.14. The number of benzene rings is 1. The number of alkyl halides is 3. The first kappa shape index (κ1) is 25.1. The molecule has 1 aliphatic carbocycles. The summed E-state index contributed by atoms with van der Waals surface area (Å²) in [5.74, 6) is -0.445. The van der Waals surface area contributed by atoms with Crippen LogP contribution in [-0.4, -0.2) is 28.0 Å². The highest BCUT2D eigenvalue weighted by Crippen LogP contribution is 2.46. The topological polar surface area (TPSA) is 103 Å². The van der Waals surface area contributed by atoms with E-state index in [1.54, 1.807) is 25.4 Å². The normalized spacial score (nSPS) is 20.5. The molecule has 1 aromatic carbocycles. The van der Waals surface area contributed by atoms with Gasteiger partial charge >= 0.3 is 6.18 Å². The van der Waals surface area contributed by atoms with Crippen molar-refractivity contribution in [1.82, 2.24) is 15.0 Å². The Morgan fingerprint density at radius 3 is 2.77 bits per heavy atom. The quantitative estimate of drug-likeness (QED) is 0.443. The molecule has 4 rings (SSSR count). The molecule has 0 radical (unpaired) electrons. The second-order valence-corrected chi connectivity index (χ2v) is 9.78. The highest BCUT2D eigenvalue weighted by atomic mass is 32.1. The number of anilines is 2. The first-order chi connectivity index (χ1) is 16.6. The number of thiazole rings is 1. The van der Waals surface area contributed by atoms with Gasteiger partial charge in [-0.15, -0.1) is 11.3 Å². The summed E-state index contributed by atoms with van der Waals surface area (Å²) in [5, 5.41) is 3.56. The lowest BCUT2D eigenvalue weighted by molar-refractivity contribution is -0.141. The summed E-state index contributed by atoms with van der Waals surface area (Å²) in [6.07, 6.45) is 1.74. The number of hydrogen-bond donors (Lipinski definition) is 2. The molecular formula is C24H26F3N5O2S. The van der Waals surface area contributed by atoms with Crippen LogP contribution < -0.4 is 11.1 Å². The van der Waals surface area contributed by atoms with Gasteiger partial charge in [0.15, 0.2) is 0 Å². The van der Waals surface area contributed by atoms with Crippen LogP contribution in [0.5, 0.6) is 0 Å². The summed E-state index contributed by atoms with van der Waals surface area (Å²) in [6.45, 7) is 2.33. The summed E-state index contributed by atoms with van der Waals surface area (Å²) in [6, 6.07) is 6.27. The third kappa shape index (κ3) is 5.15. The first-order valence-corrected chi connectivity index (χ1v) is 12.0. The molecule has 2 unspecified atom stereocenters. The van der Waals surface area contributed by atoms with E-state index in [1.165, 1.54) is 11.3 Å². The second-order valence-electron chi connectivity index (χ2n) is 8.75. The van der Waals surface area contributed by atoms with E-state index in [0.717, 1.165) is 47.5 Å². The van der Waals surface area contributed by atoms with Crippen LogP contribution in [0.3, 0.4) is 0 Å². The van der Waals surface area contributed by atoms with Crippen molar-refractivity contribution in [1.29, 1.82) is 0 Å². The number of hydrogen-bond acceptors (Lipinski definition) is 7. The van der Waals surface area contributed by atoms with Crippen molar-refractivity contribution in [2.45, 2.75) is 50.8 Å². The van der Waals surface area contributed by atoms with Crippen LogP contribution >= 0.6 is 11.3 Å². The maximum atomic E-state index is 13.1. The van der Waals surface area contributed by atoms with E-state index in [9.17, 15) is 18.0 Å². The molecular weight excluding hydrogens is 479 g/mol. The Hall–Kier alpha value is -3.05. The summed E-state index contributed by atoms with van der Waals surface area (Å²) in [4.78, 5) is 25.5. The lowest BCUT2D eigenvalue weighted by Gasteiger charge is -2.38. The second kappa shape index (κ2) is 9.90. The molecule has 1 saturated carbocycles. The van der Waals surface area contributed by atoms with Gasteiger partial charge in [0.2, 0.25) is 11.9 Å². The fourth-order valence-corrected chi connectivity index (χ4v) is 5.85. The molecule has 1 fully saturated rings. The summed E-state index contributed by atoms with van der Waals surface area (Å²) in [7, 11) is 1.56. The lowest BCUT2D eigenvalue weighted by atomic mass is 9.67. The molecule has 0 bridgehead atoms. The van der Waals surface area contributed by atoms with Crippen LogP contribution in [0, 0.1) is 5.92 Å². The molecule has 0 spiro atoms. The minimum absolute atomic E-state index is 0.0860. The maximum absolute atomic E-state index is 13.1. The number of aromatic nitrogens is 3. The van der Waals surface area contributed by atoms with Crippen LogP contribution in [0.4, 0.5) is 24.8 Å². The fraction of sp³-hybridized carbons (Fsp3) is 0.417. The van der Waals surface area contributed by atoms with Crippen LogP contribution in [0.2, 0.25) is 0 Å². The van der Waals surface area contributed by atoms with Gasteiger partial charge < -0.3 is 15.8 Å². The van der Waals surface area contributed by atoms with Crippen molar-refractivity contribution in [2.75, 3.05) is 12.4 Å². The van der Waals surface area contributed by atoms with Crippen LogP contribution in [-0.2, 0) is 27.7 Å². The predicted molar refractivity (Wildman–Crippen MR) is 127 cm³/mol. The predicted octanol–water partition coefficient (Wildman–Crippen LogP) is 5.44. The van der Waals surface area contributed by atoms with Gasteiger partial charge in [0.25, 0.3) is 0 Å². The Kier molecular flexibility index (Phi) is 7.09. The molecule has 1 amide bonds. The highest BCUT2D eigenvalue weighted by Gasteiger charge is 2.47. The van der Waals surface area contributed by atoms with Gasteiger partial charge in [-0.1, -0.05) is 19.8 Å². The molecule has 11 heteroatoms.